The average Bonchev–Trinajstić information content (AvgIpc) is 3.48. The molecule has 3 aromatic carbocycles. The summed E-state index contributed by atoms with van der Waals surface area (Å²) in [6.07, 6.45) is -2.72. The van der Waals surface area contributed by atoms with Crippen LogP contribution in [-0.2, 0) is 17.4 Å². The summed E-state index contributed by atoms with van der Waals surface area (Å²) < 4.78 is 41.5. The summed E-state index contributed by atoms with van der Waals surface area (Å²) in [4.78, 5) is 42.4. The minimum absolute atomic E-state index is 0.0377. The molecular weight excluding hydrogens is 589 g/mol. The molecule has 0 fully saturated rings. The first-order chi connectivity index (χ1) is 20.5. The number of carboxylic acid groups (broad SMARTS) is 1. The Morgan fingerprint density at radius 2 is 1.72 bits per heavy atom. The molecule has 0 aliphatic heterocycles. The van der Waals surface area contributed by atoms with Crippen LogP contribution in [0.5, 0.6) is 0 Å². The maximum absolute atomic E-state index is 13.5. The number of benzene rings is 3. The Hall–Kier alpha value is -5.30. The SMILES string of the molecule is O=C(O)c1ccc(NC(=O)C(Cc2ccccc2)n2cnc(-c3cc(Cl)ccc3-n3cc(C(F)(F)F)nn3)cc2=O)cc1. The van der Waals surface area contributed by atoms with Gasteiger partial charge in [0, 0.05) is 28.8 Å². The van der Waals surface area contributed by atoms with Crippen molar-refractivity contribution in [3.63, 3.8) is 0 Å². The third-order valence-electron chi connectivity index (χ3n) is 6.41. The Kier molecular flexibility index (Phi) is 8.08. The number of carbonyl (C=O) groups is 2. The number of nitrogens with zero attached hydrogens (tertiary/aromatic N) is 5. The molecule has 218 valence electrons. The van der Waals surface area contributed by atoms with Crippen molar-refractivity contribution in [3.8, 4) is 16.9 Å². The highest BCUT2D eigenvalue weighted by Gasteiger charge is 2.35. The van der Waals surface area contributed by atoms with E-state index in [1.807, 2.05) is 0 Å². The van der Waals surface area contributed by atoms with E-state index in [0.29, 0.717) is 11.9 Å². The maximum atomic E-state index is 13.5. The summed E-state index contributed by atoms with van der Waals surface area (Å²) in [7, 11) is 0. The van der Waals surface area contributed by atoms with E-state index in [1.54, 1.807) is 30.3 Å². The van der Waals surface area contributed by atoms with Crippen LogP contribution in [0.25, 0.3) is 16.9 Å². The number of carboxylic acids is 1. The second-order valence-corrected chi connectivity index (χ2v) is 9.74. The van der Waals surface area contributed by atoms with Crippen molar-refractivity contribution in [2.75, 3.05) is 5.32 Å². The van der Waals surface area contributed by atoms with Crippen LogP contribution in [0.4, 0.5) is 18.9 Å². The van der Waals surface area contributed by atoms with Gasteiger partial charge in [0.1, 0.15) is 6.04 Å². The van der Waals surface area contributed by atoms with Gasteiger partial charge in [0.05, 0.1) is 29.5 Å². The summed E-state index contributed by atoms with van der Waals surface area (Å²) in [6.45, 7) is 0. The van der Waals surface area contributed by atoms with Crippen LogP contribution in [0, 0.1) is 0 Å². The van der Waals surface area contributed by atoms with Gasteiger partial charge in [-0.2, -0.15) is 13.2 Å². The molecular formula is C29H20ClF3N6O4. The first kappa shape index (κ1) is 29.2. The fourth-order valence-electron chi connectivity index (χ4n) is 4.29. The minimum atomic E-state index is -4.71. The summed E-state index contributed by atoms with van der Waals surface area (Å²) >= 11 is 6.17. The van der Waals surface area contributed by atoms with Crippen molar-refractivity contribution < 1.29 is 27.9 Å². The van der Waals surface area contributed by atoms with Crippen molar-refractivity contribution in [1.82, 2.24) is 24.5 Å². The van der Waals surface area contributed by atoms with E-state index in [4.69, 9.17) is 16.7 Å². The lowest BCUT2D eigenvalue weighted by Crippen LogP contribution is -2.34. The Bertz CT molecular complexity index is 1860. The topological polar surface area (TPSA) is 132 Å². The number of aromatic nitrogens is 5. The molecule has 1 unspecified atom stereocenters. The van der Waals surface area contributed by atoms with Gasteiger partial charge in [-0.15, -0.1) is 5.10 Å². The smallest absolute Gasteiger partial charge is 0.436 e. The molecule has 0 aliphatic rings. The number of rotatable bonds is 8. The van der Waals surface area contributed by atoms with E-state index in [-0.39, 0.29) is 34.0 Å². The molecule has 0 bridgehead atoms. The number of hydrogen-bond acceptors (Lipinski definition) is 6. The second kappa shape index (κ2) is 11.9. The highest BCUT2D eigenvalue weighted by Crippen LogP contribution is 2.31. The molecule has 0 saturated carbocycles. The Morgan fingerprint density at radius 1 is 1.00 bits per heavy atom. The van der Waals surface area contributed by atoms with Gasteiger partial charge in [-0.1, -0.05) is 47.1 Å². The molecule has 2 N–H and O–H groups in total. The van der Waals surface area contributed by atoms with Gasteiger partial charge in [-0.05, 0) is 48.0 Å². The summed E-state index contributed by atoms with van der Waals surface area (Å²) in [5.41, 5.74) is -0.295. The van der Waals surface area contributed by atoms with E-state index in [1.165, 1.54) is 48.8 Å². The van der Waals surface area contributed by atoms with E-state index in [0.717, 1.165) is 20.9 Å². The third kappa shape index (κ3) is 6.62. The molecule has 5 rings (SSSR count). The standard InChI is InChI=1S/C29H20ClF3N6O4/c30-19-8-11-23(39-15-25(36-37-39)29(31,32)33)21(13-19)22-14-26(40)38(16-34-22)24(12-17-4-2-1-3-5-17)27(41)35-20-9-6-18(7-10-20)28(42)43/h1-11,13-16,24H,12H2,(H,35,41)(H,42,43). The zero-order valence-corrected chi connectivity index (χ0v) is 22.6. The predicted octanol–water partition coefficient (Wildman–Crippen LogP) is 5.28. The first-order valence-corrected chi connectivity index (χ1v) is 12.9. The number of aromatic carboxylic acids is 1. The van der Waals surface area contributed by atoms with Crippen molar-refractivity contribution in [2.45, 2.75) is 18.6 Å². The fraction of sp³-hybridized carbons (Fsp3) is 0.103. The quantitative estimate of drug-likeness (QED) is 0.245. The number of amides is 1. The van der Waals surface area contributed by atoms with E-state index >= 15 is 0 Å². The van der Waals surface area contributed by atoms with Crippen molar-refractivity contribution in [3.05, 3.63) is 124 Å². The van der Waals surface area contributed by atoms with Gasteiger partial charge in [-0.3, -0.25) is 14.2 Å². The molecule has 1 amide bonds. The fourth-order valence-corrected chi connectivity index (χ4v) is 4.46. The number of alkyl halides is 3. The molecule has 10 nitrogen and oxygen atoms in total. The van der Waals surface area contributed by atoms with Gasteiger partial charge in [-0.25, -0.2) is 14.5 Å². The zero-order chi connectivity index (χ0) is 30.7. The van der Waals surface area contributed by atoms with E-state index in [9.17, 15) is 27.6 Å². The van der Waals surface area contributed by atoms with Crippen molar-refractivity contribution in [2.24, 2.45) is 0 Å². The highest BCUT2D eigenvalue weighted by molar-refractivity contribution is 6.31. The zero-order valence-electron chi connectivity index (χ0n) is 21.9. The highest BCUT2D eigenvalue weighted by atomic mass is 35.5. The number of nitrogens with one attached hydrogen (secondary N) is 1. The Balaban J connectivity index is 1.51. The van der Waals surface area contributed by atoms with Gasteiger partial charge < -0.3 is 10.4 Å². The van der Waals surface area contributed by atoms with Gasteiger partial charge in [0.25, 0.3) is 5.56 Å². The number of anilines is 1. The van der Waals surface area contributed by atoms with Crippen molar-refractivity contribution >= 4 is 29.2 Å². The lowest BCUT2D eigenvalue weighted by atomic mass is 10.0. The van der Waals surface area contributed by atoms with Crippen LogP contribution < -0.4 is 10.9 Å². The molecule has 0 aliphatic carbocycles. The normalized spacial score (nSPS) is 12.1. The summed E-state index contributed by atoms with van der Waals surface area (Å²) in [5.74, 6) is -1.68. The molecule has 0 saturated heterocycles. The molecule has 14 heteroatoms. The molecule has 43 heavy (non-hydrogen) atoms. The molecule has 0 spiro atoms. The third-order valence-corrected chi connectivity index (χ3v) is 6.65. The van der Waals surface area contributed by atoms with Crippen LogP contribution in [-0.4, -0.2) is 41.5 Å². The van der Waals surface area contributed by atoms with Crippen molar-refractivity contribution in [1.29, 1.82) is 0 Å². The first-order valence-electron chi connectivity index (χ1n) is 12.6. The van der Waals surface area contributed by atoms with Crippen LogP contribution in [0.15, 0.2) is 96.2 Å². The monoisotopic (exact) mass is 608 g/mol. The number of carbonyl (C=O) groups excluding carboxylic acids is 1. The molecule has 1 atom stereocenters. The van der Waals surface area contributed by atoms with Crippen LogP contribution in [0.3, 0.4) is 0 Å². The Morgan fingerprint density at radius 3 is 2.35 bits per heavy atom. The van der Waals surface area contributed by atoms with Gasteiger partial charge in [0.2, 0.25) is 5.91 Å². The van der Waals surface area contributed by atoms with Gasteiger partial charge in [0.15, 0.2) is 5.69 Å². The number of halogens is 4. The summed E-state index contributed by atoms with van der Waals surface area (Å²) in [5, 5.41) is 18.8. The van der Waals surface area contributed by atoms with Crippen LogP contribution in [0.2, 0.25) is 5.02 Å². The van der Waals surface area contributed by atoms with Crippen LogP contribution >= 0.6 is 11.6 Å². The largest absolute Gasteiger partial charge is 0.478 e. The molecule has 2 aromatic heterocycles. The Labute approximate surface area is 246 Å². The summed E-state index contributed by atoms with van der Waals surface area (Å²) in [6, 6.07) is 18.9. The molecule has 2 heterocycles. The molecule has 0 radical (unpaired) electrons. The van der Waals surface area contributed by atoms with Crippen LogP contribution in [0.1, 0.15) is 27.7 Å². The van der Waals surface area contributed by atoms with E-state index < -0.39 is 35.3 Å². The average molecular weight is 609 g/mol. The van der Waals surface area contributed by atoms with Gasteiger partial charge >= 0.3 is 12.1 Å². The number of hydrogen-bond donors (Lipinski definition) is 2. The molecule has 5 aromatic rings. The lowest BCUT2D eigenvalue weighted by Gasteiger charge is -2.20. The second-order valence-electron chi connectivity index (χ2n) is 9.30. The minimum Gasteiger partial charge on any atom is -0.478 e. The lowest BCUT2D eigenvalue weighted by molar-refractivity contribution is -0.141. The maximum Gasteiger partial charge on any atom is 0.436 e. The van der Waals surface area contributed by atoms with E-state index in [2.05, 4.69) is 20.6 Å². The predicted molar refractivity (Wildman–Crippen MR) is 150 cm³/mol.